The molecule has 2 N–H and O–H groups in total. The number of nitrogens with zero attached hydrogens (tertiary/aromatic N) is 2. The van der Waals surface area contributed by atoms with Crippen molar-refractivity contribution in [2.75, 3.05) is 5.32 Å². The Hall–Kier alpha value is -3.07. The fourth-order valence-electron chi connectivity index (χ4n) is 2.71. The molecular formula is C21H18N4O2S2. The lowest BCUT2D eigenvalue weighted by atomic mass is 10.1. The number of aromatic nitrogens is 2. The molecule has 0 unspecified atom stereocenters. The number of anilines is 2. The van der Waals surface area contributed by atoms with E-state index in [1.54, 1.807) is 54.2 Å². The van der Waals surface area contributed by atoms with Gasteiger partial charge in [0.25, 0.3) is 0 Å². The summed E-state index contributed by atoms with van der Waals surface area (Å²) in [7, 11) is -3.60. The number of thiazole rings is 1. The van der Waals surface area contributed by atoms with Gasteiger partial charge in [-0.3, -0.25) is 4.98 Å². The average Bonchev–Trinajstić information content (AvgIpc) is 3.29. The van der Waals surface area contributed by atoms with Gasteiger partial charge in [0, 0.05) is 35.6 Å². The Morgan fingerprint density at radius 3 is 2.34 bits per heavy atom. The first kappa shape index (κ1) is 19.3. The number of pyridine rings is 1. The number of benzene rings is 2. The van der Waals surface area contributed by atoms with Crippen LogP contribution in [0, 0.1) is 0 Å². The highest BCUT2D eigenvalue weighted by Gasteiger charge is 2.13. The zero-order valence-electron chi connectivity index (χ0n) is 15.3. The molecule has 0 saturated carbocycles. The molecule has 0 aliphatic carbocycles. The summed E-state index contributed by atoms with van der Waals surface area (Å²) >= 11 is 1.57. The lowest BCUT2D eigenvalue weighted by molar-refractivity contribution is 0.581. The first-order chi connectivity index (χ1) is 14.1. The van der Waals surface area contributed by atoms with E-state index in [0.717, 1.165) is 27.5 Å². The van der Waals surface area contributed by atoms with Gasteiger partial charge in [0.2, 0.25) is 10.0 Å². The van der Waals surface area contributed by atoms with Crippen molar-refractivity contribution in [3.63, 3.8) is 0 Å². The van der Waals surface area contributed by atoms with Crippen molar-refractivity contribution in [2.45, 2.75) is 11.4 Å². The van der Waals surface area contributed by atoms with Gasteiger partial charge in [0.05, 0.1) is 16.8 Å². The van der Waals surface area contributed by atoms with Crippen LogP contribution < -0.4 is 10.0 Å². The molecule has 0 aliphatic rings. The van der Waals surface area contributed by atoms with Crippen molar-refractivity contribution >= 4 is 32.7 Å². The van der Waals surface area contributed by atoms with Crippen LogP contribution in [0.1, 0.15) is 5.56 Å². The van der Waals surface area contributed by atoms with Crippen LogP contribution in [0.4, 0.5) is 11.4 Å². The quantitative estimate of drug-likeness (QED) is 0.460. The molecule has 2 aromatic heterocycles. The number of hydrogen-bond acceptors (Lipinski definition) is 6. The third-order valence-corrected chi connectivity index (χ3v) is 6.45. The van der Waals surface area contributed by atoms with Crippen LogP contribution in [0.25, 0.3) is 10.6 Å². The Kier molecular flexibility index (Phi) is 5.66. The normalized spacial score (nSPS) is 11.3. The molecule has 0 atom stereocenters. The van der Waals surface area contributed by atoms with E-state index in [4.69, 9.17) is 0 Å². The van der Waals surface area contributed by atoms with Crippen LogP contribution in [-0.2, 0) is 16.6 Å². The summed E-state index contributed by atoms with van der Waals surface area (Å²) in [6.07, 6.45) is 5.16. The number of rotatable bonds is 7. The lowest BCUT2D eigenvalue weighted by Crippen LogP contribution is -2.23. The Morgan fingerprint density at radius 1 is 0.897 bits per heavy atom. The molecule has 4 rings (SSSR count). The summed E-state index contributed by atoms with van der Waals surface area (Å²) in [5.41, 5.74) is 3.52. The molecule has 2 aromatic carbocycles. The van der Waals surface area contributed by atoms with Gasteiger partial charge in [0.15, 0.2) is 0 Å². The third-order valence-electron chi connectivity index (χ3n) is 4.21. The first-order valence-electron chi connectivity index (χ1n) is 8.86. The van der Waals surface area contributed by atoms with Crippen LogP contribution in [-0.4, -0.2) is 18.4 Å². The van der Waals surface area contributed by atoms with Crippen LogP contribution >= 0.6 is 11.3 Å². The zero-order chi connectivity index (χ0) is 20.1. The van der Waals surface area contributed by atoms with Crippen LogP contribution in [0.15, 0.2) is 89.5 Å². The fourth-order valence-corrected chi connectivity index (χ4v) is 4.38. The van der Waals surface area contributed by atoms with Gasteiger partial charge in [-0.2, -0.15) is 0 Å². The minimum atomic E-state index is -3.60. The second-order valence-electron chi connectivity index (χ2n) is 6.25. The van der Waals surface area contributed by atoms with E-state index < -0.39 is 10.0 Å². The maximum atomic E-state index is 12.6. The van der Waals surface area contributed by atoms with Gasteiger partial charge in [0.1, 0.15) is 5.01 Å². The molecule has 6 nitrogen and oxygen atoms in total. The van der Waals surface area contributed by atoms with Gasteiger partial charge in [-0.1, -0.05) is 24.3 Å². The van der Waals surface area contributed by atoms with Crippen molar-refractivity contribution in [1.29, 1.82) is 0 Å². The highest BCUT2D eigenvalue weighted by molar-refractivity contribution is 7.89. The maximum absolute atomic E-state index is 12.6. The van der Waals surface area contributed by atoms with E-state index in [0.29, 0.717) is 0 Å². The van der Waals surface area contributed by atoms with Crippen molar-refractivity contribution in [1.82, 2.24) is 14.7 Å². The maximum Gasteiger partial charge on any atom is 0.240 e. The number of nitrogens with one attached hydrogen (secondary N) is 2. The standard InChI is InChI=1S/C21H18N4O2S2/c26-29(27,20-9-7-18(8-10-20)25-19-2-1-11-22-15-19)24-14-16-3-5-17(6-4-16)21-23-12-13-28-21/h1-13,15,24-25H,14H2. The zero-order valence-corrected chi connectivity index (χ0v) is 17.0. The molecule has 0 bridgehead atoms. The lowest BCUT2D eigenvalue weighted by Gasteiger charge is -2.09. The third kappa shape index (κ3) is 4.86. The minimum absolute atomic E-state index is 0.216. The molecule has 146 valence electrons. The van der Waals surface area contributed by atoms with E-state index in [1.807, 2.05) is 41.8 Å². The van der Waals surface area contributed by atoms with E-state index in [1.165, 1.54) is 0 Å². The molecule has 0 amide bonds. The topological polar surface area (TPSA) is 84.0 Å². The summed E-state index contributed by atoms with van der Waals surface area (Å²) in [6, 6.07) is 18.0. The van der Waals surface area contributed by atoms with E-state index in [9.17, 15) is 8.42 Å². The van der Waals surface area contributed by atoms with Crippen LogP contribution in [0.2, 0.25) is 0 Å². The Morgan fingerprint density at radius 2 is 1.69 bits per heavy atom. The summed E-state index contributed by atoms with van der Waals surface area (Å²) in [6.45, 7) is 0.218. The van der Waals surface area contributed by atoms with Crippen LogP contribution in [0.5, 0.6) is 0 Å². The predicted molar refractivity (Wildman–Crippen MR) is 116 cm³/mol. The molecule has 0 fully saturated rings. The predicted octanol–water partition coefficient (Wildman–Crippen LogP) is 4.43. The molecule has 0 spiro atoms. The highest BCUT2D eigenvalue weighted by Crippen LogP contribution is 2.22. The summed E-state index contributed by atoms with van der Waals surface area (Å²) in [5, 5.41) is 6.04. The SMILES string of the molecule is O=S(=O)(NCc1ccc(-c2nccs2)cc1)c1ccc(Nc2cccnc2)cc1. The summed E-state index contributed by atoms with van der Waals surface area (Å²) < 4.78 is 27.8. The smallest absolute Gasteiger partial charge is 0.240 e. The van der Waals surface area contributed by atoms with Gasteiger partial charge >= 0.3 is 0 Å². The second kappa shape index (κ2) is 8.52. The van der Waals surface area contributed by atoms with E-state index in [2.05, 4.69) is 20.0 Å². The van der Waals surface area contributed by atoms with Gasteiger partial charge in [-0.25, -0.2) is 18.1 Å². The average molecular weight is 423 g/mol. The largest absolute Gasteiger partial charge is 0.354 e. The Labute approximate surface area is 173 Å². The number of hydrogen-bond donors (Lipinski definition) is 2. The van der Waals surface area contributed by atoms with Crippen LogP contribution in [0.3, 0.4) is 0 Å². The molecular weight excluding hydrogens is 404 g/mol. The van der Waals surface area contributed by atoms with E-state index in [-0.39, 0.29) is 11.4 Å². The van der Waals surface area contributed by atoms with Gasteiger partial charge in [-0.05, 0) is 42.0 Å². The Bertz CT molecular complexity index is 1160. The number of sulfonamides is 1. The monoisotopic (exact) mass is 422 g/mol. The van der Waals surface area contributed by atoms with Crippen molar-refractivity contribution in [3.8, 4) is 10.6 Å². The second-order valence-corrected chi connectivity index (χ2v) is 8.91. The van der Waals surface area contributed by atoms with E-state index >= 15 is 0 Å². The first-order valence-corrected chi connectivity index (χ1v) is 11.2. The summed E-state index contributed by atoms with van der Waals surface area (Å²) in [5.74, 6) is 0. The fraction of sp³-hybridized carbons (Fsp3) is 0.0476. The van der Waals surface area contributed by atoms with Crippen molar-refractivity contribution < 1.29 is 8.42 Å². The minimum Gasteiger partial charge on any atom is -0.354 e. The van der Waals surface area contributed by atoms with Crippen molar-refractivity contribution in [2.24, 2.45) is 0 Å². The summed E-state index contributed by atoms with van der Waals surface area (Å²) in [4.78, 5) is 8.53. The molecule has 0 radical (unpaired) electrons. The highest BCUT2D eigenvalue weighted by atomic mass is 32.2. The molecule has 0 aliphatic heterocycles. The Balaban J connectivity index is 1.39. The molecule has 2 heterocycles. The molecule has 0 saturated heterocycles. The molecule has 8 heteroatoms. The molecule has 4 aromatic rings. The van der Waals surface area contributed by atoms with Gasteiger partial charge < -0.3 is 5.32 Å². The van der Waals surface area contributed by atoms with Gasteiger partial charge in [-0.15, -0.1) is 11.3 Å². The molecule has 29 heavy (non-hydrogen) atoms. The van der Waals surface area contributed by atoms with Crippen molar-refractivity contribution in [3.05, 3.63) is 90.2 Å².